The molecule has 0 fully saturated rings. The molecule has 1 aromatic heterocycles. The van der Waals surface area contributed by atoms with E-state index in [1.54, 1.807) is 20.3 Å². The molecular weight excluding hydrogens is 470 g/mol. The van der Waals surface area contributed by atoms with E-state index in [1.807, 2.05) is 48.2 Å². The molecule has 0 radical (unpaired) electrons. The first-order valence-electron chi connectivity index (χ1n) is 11.8. The van der Waals surface area contributed by atoms with E-state index < -0.39 is 0 Å². The fourth-order valence-electron chi connectivity index (χ4n) is 4.16. The van der Waals surface area contributed by atoms with Crippen molar-refractivity contribution in [3.8, 4) is 11.5 Å². The van der Waals surface area contributed by atoms with Crippen LogP contribution in [0.2, 0.25) is 0 Å². The molecular formula is C29H31N3O3S. The summed E-state index contributed by atoms with van der Waals surface area (Å²) in [7, 11) is 3.22. The molecule has 36 heavy (non-hydrogen) atoms. The van der Waals surface area contributed by atoms with Crippen molar-refractivity contribution >= 4 is 33.9 Å². The number of methoxy groups -OCH3 is 2. The predicted octanol–water partition coefficient (Wildman–Crippen LogP) is 5.60. The highest BCUT2D eigenvalue weighted by Crippen LogP contribution is 2.29. The standard InChI is InChI=1S/C29H31N3O3S/c1-19-6-5-7-21(14-19)12-13-32(29(36)31-25-11-10-24(34-3)17-27(25)35-4)18-23-16-22-9-8-20(2)15-26(22)30-28(23)33/h5-11,14-17H,12-13,18H2,1-4H3,(H,30,33)(H,31,36). The summed E-state index contributed by atoms with van der Waals surface area (Å²) in [5.74, 6) is 1.31. The lowest BCUT2D eigenvalue weighted by Crippen LogP contribution is -2.37. The molecule has 6 nitrogen and oxygen atoms in total. The van der Waals surface area contributed by atoms with Crippen molar-refractivity contribution in [1.29, 1.82) is 0 Å². The molecule has 186 valence electrons. The Kier molecular flexibility index (Phi) is 7.90. The van der Waals surface area contributed by atoms with Crippen LogP contribution in [0.3, 0.4) is 0 Å². The molecule has 3 aromatic carbocycles. The summed E-state index contributed by atoms with van der Waals surface area (Å²) in [6.07, 6.45) is 0.786. The highest BCUT2D eigenvalue weighted by Gasteiger charge is 2.16. The van der Waals surface area contributed by atoms with Gasteiger partial charge in [0.25, 0.3) is 5.56 Å². The van der Waals surface area contributed by atoms with Crippen LogP contribution >= 0.6 is 12.2 Å². The Hall–Kier alpha value is -3.84. The minimum Gasteiger partial charge on any atom is -0.497 e. The zero-order valence-electron chi connectivity index (χ0n) is 21.1. The van der Waals surface area contributed by atoms with Gasteiger partial charge in [-0.05, 0) is 73.3 Å². The number of H-pyrrole nitrogens is 1. The molecule has 0 aliphatic carbocycles. The molecule has 7 heteroatoms. The van der Waals surface area contributed by atoms with Crippen LogP contribution < -0.4 is 20.3 Å². The summed E-state index contributed by atoms with van der Waals surface area (Å²) in [5, 5.41) is 4.81. The zero-order valence-corrected chi connectivity index (χ0v) is 21.9. The van der Waals surface area contributed by atoms with Gasteiger partial charge in [-0.25, -0.2) is 0 Å². The van der Waals surface area contributed by atoms with Crippen molar-refractivity contribution in [3.05, 3.63) is 99.3 Å². The number of benzene rings is 3. The van der Waals surface area contributed by atoms with Crippen LogP contribution in [0.5, 0.6) is 11.5 Å². The minimum absolute atomic E-state index is 0.113. The zero-order chi connectivity index (χ0) is 25.7. The second kappa shape index (κ2) is 11.3. The number of aromatic nitrogens is 1. The number of hydrogen-bond acceptors (Lipinski definition) is 4. The van der Waals surface area contributed by atoms with Gasteiger partial charge in [-0.2, -0.15) is 0 Å². The Balaban J connectivity index is 1.62. The summed E-state index contributed by atoms with van der Waals surface area (Å²) >= 11 is 5.84. The largest absolute Gasteiger partial charge is 0.497 e. The van der Waals surface area contributed by atoms with Crippen LogP contribution in [-0.2, 0) is 13.0 Å². The van der Waals surface area contributed by atoms with Gasteiger partial charge in [0.1, 0.15) is 11.5 Å². The highest BCUT2D eigenvalue weighted by atomic mass is 32.1. The second-order valence-corrected chi connectivity index (χ2v) is 9.26. The van der Waals surface area contributed by atoms with Crippen LogP contribution in [0.25, 0.3) is 10.9 Å². The highest BCUT2D eigenvalue weighted by molar-refractivity contribution is 7.80. The second-order valence-electron chi connectivity index (χ2n) is 8.87. The van der Waals surface area contributed by atoms with Crippen LogP contribution in [0, 0.1) is 13.8 Å². The maximum Gasteiger partial charge on any atom is 0.253 e. The van der Waals surface area contributed by atoms with Crippen LogP contribution in [0.1, 0.15) is 22.3 Å². The fourth-order valence-corrected chi connectivity index (χ4v) is 4.43. The van der Waals surface area contributed by atoms with E-state index in [0.29, 0.717) is 35.3 Å². The van der Waals surface area contributed by atoms with E-state index in [1.165, 1.54) is 11.1 Å². The Bertz CT molecular complexity index is 1450. The van der Waals surface area contributed by atoms with Crippen molar-refractivity contribution in [2.75, 3.05) is 26.1 Å². The molecule has 0 amide bonds. The molecule has 0 bridgehead atoms. The third-order valence-corrected chi connectivity index (χ3v) is 6.49. The van der Waals surface area contributed by atoms with Crippen LogP contribution in [-0.4, -0.2) is 35.8 Å². The van der Waals surface area contributed by atoms with Gasteiger partial charge in [0, 0.05) is 23.7 Å². The molecule has 4 rings (SSSR count). The average molecular weight is 502 g/mol. The number of fused-ring (bicyclic) bond motifs is 1. The fraction of sp³-hybridized carbons (Fsp3) is 0.241. The maximum absolute atomic E-state index is 13.0. The quantitative estimate of drug-likeness (QED) is 0.306. The SMILES string of the molecule is COc1ccc(NC(=S)N(CCc2cccc(C)c2)Cc2cc3ccc(C)cc3[nH]c2=O)c(OC)c1. The van der Waals surface area contributed by atoms with Crippen molar-refractivity contribution in [3.63, 3.8) is 0 Å². The minimum atomic E-state index is -0.113. The molecule has 0 unspecified atom stereocenters. The van der Waals surface area contributed by atoms with E-state index in [4.69, 9.17) is 21.7 Å². The van der Waals surface area contributed by atoms with Crippen molar-refractivity contribution in [1.82, 2.24) is 9.88 Å². The molecule has 0 atom stereocenters. The van der Waals surface area contributed by atoms with Gasteiger partial charge in [-0.1, -0.05) is 42.0 Å². The van der Waals surface area contributed by atoms with Crippen molar-refractivity contribution in [2.24, 2.45) is 0 Å². The summed E-state index contributed by atoms with van der Waals surface area (Å²) in [4.78, 5) is 18.0. The first kappa shape index (κ1) is 25.3. The average Bonchev–Trinajstić information content (AvgIpc) is 2.87. The third kappa shape index (κ3) is 6.04. The molecule has 0 aliphatic rings. The van der Waals surface area contributed by atoms with Gasteiger partial charge < -0.3 is 24.7 Å². The molecule has 0 spiro atoms. The molecule has 1 heterocycles. The number of aryl methyl sites for hydroxylation is 2. The van der Waals surface area contributed by atoms with E-state index in [9.17, 15) is 4.79 Å². The topological polar surface area (TPSA) is 66.6 Å². The number of nitrogens with zero attached hydrogens (tertiary/aromatic N) is 1. The summed E-state index contributed by atoms with van der Waals surface area (Å²) < 4.78 is 10.8. The number of hydrogen-bond donors (Lipinski definition) is 2. The van der Waals surface area contributed by atoms with Crippen molar-refractivity contribution < 1.29 is 9.47 Å². The normalized spacial score (nSPS) is 10.8. The maximum atomic E-state index is 13.0. The molecule has 0 saturated carbocycles. The molecule has 0 saturated heterocycles. The molecule has 0 aliphatic heterocycles. The monoisotopic (exact) mass is 501 g/mol. The molecule has 2 N–H and O–H groups in total. The lowest BCUT2D eigenvalue weighted by molar-refractivity contribution is 0.395. The van der Waals surface area contributed by atoms with E-state index >= 15 is 0 Å². The van der Waals surface area contributed by atoms with Crippen molar-refractivity contribution in [2.45, 2.75) is 26.8 Å². The van der Waals surface area contributed by atoms with Gasteiger partial charge in [0.2, 0.25) is 0 Å². The lowest BCUT2D eigenvalue weighted by atomic mass is 10.1. The van der Waals surface area contributed by atoms with Gasteiger partial charge in [-0.15, -0.1) is 0 Å². The molecule has 4 aromatic rings. The predicted molar refractivity (Wildman–Crippen MR) is 150 cm³/mol. The van der Waals surface area contributed by atoms with Crippen LogP contribution in [0.4, 0.5) is 5.69 Å². The number of ether oxygens (including phenoxy) is 2. The number of anilines is 1. The third-order valence-electron chi connectivity index (χ3n) is 6.13. The number of aromatic amines is 1. The Labute approximate surface area is 216 Å². The number of nitrogens with one attached hydrogen (secondary N) is 2. The van der Waals surface area contributed by atoms with E-state index in [2.05, 4.69) is 41.5 Å². The van der Waals surface area contributed by atoms with Crippen LogP contribution in [0.15, 0.2) is 71.5 Å². The number of thiocarbonyl (C=S) groups is 1. The smallest absolute Gasteiger partial charge is 0.253 e. The van der Waals surface area contributed by atoms with E-state index in [0.717, 1.165) is 28.6 Å². The summed E-state index contributed by atoms with van der Waals surface area (Å²) in [5.41, 5.74) is 5.63. The first-order chi connectivity index (χ1) is 17.4. The number of rotatable bonds is 8. The van der Waals surface area contributed by atoms with E-state index in [-0.39, 0.29) is 5.56 Å². The first-order valence-corrected chi connectivity index (χ1v) is 12.2. The lowest BCUT2D eigenvalue weighted by Gasteiger charge is -2.26. The summed E-state index contributed by atoms with van der Waals surface area (Å²) in [6, 6.07) is 22.0. The van der Waals surface area contributed by atoms with Gasteiger partial charge in [0.15, 0.2) is 5.11 Å². The Morgan fingerprint density at radius 1 is 0.972 bits per heavy atom. The van der Waals surface area contributed by atoms with Gasteiger partial charge in [0.05, 0.1) is 26.5 Å². The summed E-state index contributed by atoms with van der Waals surface area (Å²) in [6.45, 7) is 5.10. The Morgan fingerprint density at radius 3 is 2.53 bits per heavy atom. The van der Waals surface area contributed by atoms with Gasteiger partial charge >= 0.3 is 0 Å². The number of pyridine rings is 1. The van der Waals surface area contributed by atoms with Gasteiger partial charge in [-0.3, -0.25) is 4.79 Å². The Morgan fingerprint density at radius 2 is 1.78 bits per heavy atom.